The first-order valence-electron chi connectivity index (χ1n) is 10.5. The van der Waals surface area contributed by atoms with Crippen LogP contribution in [0.15, 0.2) is 53.9 Å². The summed E-state index contributed by atoms with van der Waals surface area (Å²) >= 11 is 0. The van der Waals surface area contributed by atoms with Crippen molar-refractivity contribution in [3.05, 3.63) is 70.8 Å². The first kappa shape index (κ1) is 20.2. The zero-order chi connectivity index (χ0) is 22.6. The molecular weight excluding hydrogens is 411 g/mol. The molecule has 3 aromatic rings. The van der Waals surface area contributed by atoms with Crippen molar-refractivity contribution >= 4 is 28.6 Å². The van der Waals surface area contributed by atoms with E-state index in [0.717, 1.165) is 38.3 Å². The van der Waals surface area contributed by atoms with Gasteiger partial charge in [-0.2, -0.15) is 5.10 Å². The maximum absolute atomic E-state index is 13.7. The van der Waals surface area contributed by atoms with Gasteiger partial charge in [0.25, 0.3) is 5.91 Å². The van der Waals surface area contributed by atoms with E-state index in [4.69, 9.17) is 4.74 Å². The molecule has 3 heterocycles. The zero-order valence-electron chi connectivity index (χ0n) is 18.0. The number of aromatic nitrogens is 2. The highest BCUT2D eigenvalue weighted by Gasteiger charge is 2.42. The molecule has 8 heteroatoms. The molecule has 0 spiro atoms. The van der Waals surface area contributed by atoms with E-state index in [1.807, 2.05) is 12.1 Å². The minimum absolute atomic E-state index is 0.220. The van der Waals surface area contributed by atoms with Gasteiger partial charge in [0.2, 0.25) is 0 Å². The molecule has 32 heavy (non-hydrogen) atoms. The molecule has 2 aliphatic heterocycles. The van der Waals surface area contributed by atoms with Crippen molar-refractivity contribution in [1.29, 1.82) is 0 Å². The normalized spacial score (nSPS) is 18.3. The van der Waals surface area contributed by atoms with Gasteiger partial charge in [-0.05, 0) is 50.6 Å². The maximum Gasteiger partial charge on any atom is 0.417 e. The van der Waals surface area contributed by atoms with Crippen LogP contribution in [0, 0.1) is 5.82 Å². The van der Waals surface area contributed by atoms with Gasteiger partial charge in [0.05, 0.1) is 11.7 Å². The number of H-pyrrole nitrogens is 1. The number of aromatic amines is 1. The van der Waals surface area contributed by atoms with E-state index in [1.165, 1.54) is 12.1 Å². The lowest BCUT2D eigenvalue weighted by atomic mass is 9.77. The number of carbonyl (C=O) groups is 2. The number of fused-ring (bicyclic) bond motifs is 3. The van der Waals surface area contributed by atoms with Gasteiger partial charge in [0.1, 0.15) is 11.4 Å². The van der Waals surface area contributed by atoms with Gasteiger partial charge in [-0.15, -0.1) is 0 Å². The van der Waals surface area contributed by atoms with Crippen LogP contribution in [-0.2, 0) is 9.53 Å². The Labute approximate surface area is 184 Å². The number of anilines is 1. The minimum atomic E-state index is -0.720. The van der Waals surface area contributed by atoms with Gasteiger partial charge >= 0.3 is 6.09 Å². The van der Waals surface area contributed by atoms with Crippen LogP contribution < -0.4 is 5.32 Å². The van der Waals surface area contributed by atoms with Crippen LogP contribution in [0.1, 0.15) is 44.2 Å². The van der Waals surface area contributed by atoms with Crippen LogP contribution in [0.4, 0.5) is 14.9 Å². The first-order valence-corrected chi connectivity index (χ1v) is 10.5. The summed E-state index contributed by atoms with van der Waals surface area (Å²) in [5.41, 5.74) is 3.74. The second-order valence-electron chi connectivity index (χ2n) is 9.05. The Balaban J connectivity index is 1.66. The fourth-order valence-corrected chi connectivity index (χ4v) is 4.39. The maximum atomic E-state index is 13.7. The fraction of sp³-hybridized carbons (Fsp3) is 0.292. The summed E-state index contributed by atoms with van der Waals surface area (Å²) in [6.07, 6.45) is 1.52. The van der Waals surface area contributed by atoms with Crippen molar-refractivity contribution in [1.82, 2.24) is 15.1 Å². The average Bonchev–Trinajstić information content (AvgIpc) is 3.21. The van der Waals surface area contributed by atoms with Crippen LogP contribution in [0.25, 0.3) is 10.9 Å². The van der Waals surface area contributed by atoms with E-state index in [1.54, 1.807) is 39.1 Å². The summed E-state index contributed by atoms with van der Waals surface area (Å²) in [4.78, 5) is 27.6. The first-order chi connectivity index (χ1) is 15.2. The highest BCUT2D eigenvalue weighted by atomic mass is 19.1. The van der Waals surface area contributed by atoms with Crippen molar-refractivity contribution in [3.8, 4) is 0 Å². The molecule has 0 saturated carbocycles. The molecule has 0 saturated heterocycles. The summed E-state index contributed by atoms with van der Waals surface area (Å²) in [7, 11) is 0. The van der Waals surface area contributed by atoms with E-state index in [2.05, 4.69) is 15.5 Å². The average molecular weight is 434 g/mol. The van der Waals surface area contributed by atoms with Gasteiger partial charge in [-0.1, -0.05) is 12.1 Å². The second kappa shape index (κ2) is 7.19. The lowest BCUT2D eigenvalue weighted by Crippen LogP contribution is -2.47. The topological polar surface area (TPSA) is 87.3 Å². The van der Waals surface area contributed by atoms with Crippen LogP contribution in [0.5, 0.6) is 0 Å². The number of hydrogen-bond donors (Lipinski definition) is 2. The lowest BCUT2D eigenvalue weighted by Gasteiger charge is -2.38. The molecule has 164 valence electrons. The number of nitrogens with one attached hydrogen (secondary N) is 2. The number of ether oxygens (including phenoxy) is 1. The molecule has 1 unspecified atom stereocenters. The van der Waals surface area contributed by atoms with Crippen LogP contribution in [-0.4, -0.2) is 39.2 Å². The van der Waals surface area contributed by atoms with Crippen LogP contribution >= 0.6 is 0 Å². The molecule has 7 nitrogen and oxygen atoms in total. The Morgan fingerprint density at radius 3 is 2.66 bits per heavy atom. The van der Waals surface area contributed by atoms with Crippen molar-refractivity contribution in [2.45, 2.75) is 38.7 Å². The summed E-state index contributed by atoms with van der Waals surface area (Å²) in [5.74, 6) is -1.27. The van der Waals surface area contributed by atoms with Crippen LogP contribution in [0.2, 0.25) is 0 Å². The van der Waals surface area contributed by atoms with Gasteiger partial charge in [0, 0.05) is 46.8 Å². The highest BCUT2D eigenvalue weighted by Crippen LogP contribution is 2.47. The SMILES string of the molecule is CC(C)(C)OC(=O)N1CCC2=C(C1=O)C(c1ccc(F)cc1)c1c(ccc3cn[nH]c13)N2. The number of rotatable bonds is 1. The summed E-state index contributed by atoms with van der Waals surface area (Å²) in [5, 5.41) is 11.5. The molecule has 0 bridgehead atoms. The molecular formula is C24H23FN4O3. The molecule has 2 aliphatic rings. The van der Waals surface area contributed by atoms with Gasteiger partial charge in [-0.25, -0.2) is 14.1 Å². The van der Waals surface area contributed by atoms with Crippen molar-refractivity contribution in [2.75, 3.05) is 11.9 Å². The zero-order valence-corrected chi connectivity index (χ0v) is 18.0. The molecule has 1 atom stereocenters. The number of benzene rings is 2. The summed E-state index contributed by atoms with van der Waals surface area (Å²) in [6, 6.07) is 10.0. The second-order valence-corrected chi connectivity index (χ2v) is 9.05. The third-order valence-electron chi connectivity index (χ3n) is 5.72. The van der Waals surface area contributed by atoms with Crippen molar-refractivity contribution in [3.63, 3.8) is 0 Å². The fourth-order valence-electron chi connectivity index (χ4n) is 4.39. The predicted molar refractivity (Wildman–Crippen MR) is 118 cm³/mol. The minimum Gasteiger partial charge on any atom is -0.443 e. The van der Waals surface area contributed by atoms with Crippen molar-refractivity contribution in [2.24, 2.45) is 0 Å². The molecule has 2 amide bonds. The molecule has 0 aliphatic carbocycles. The van der Waals surface area contributed by atoms with E-state index in [0.29, 0.717) is 12.0 Å². The molecule has 0 fully saturated rings. The van der Waals surface area contributed by atoms with E-state index < -0.39 is 23.5 Å². The van der Waals surface area contributed by atoms with E-state index in [9.17, 15) is 14.0 Å². The third kappa shape index (κ3) is 3.32. The standard InChI is InChI=1S/C24H23FN4O3/c1-24(2,3)32-23(31)29-11-10-17-20(22(29)30)18(13-4-7-15(25)8-5-13)19-16(27-17)9-6-14-12-26-28-21(14)19/h4-9,12,18,27H,10-11H2,1-3H3,(H,26,28). The highest BCUT2D eigenvalue weighted by molar-refractivity contribution is 6.07. The van der Waals surface area contributed by atoms with Crippen LogP contribution in [0.3, 0.4) is 0 Å². The number of carbonyl (C=O) groups excluding carboxylic acids is 2. The number of imide groups is 1. The van der Waals surface area contributed by atoms with Gasteiger partial charge in [-0.3, -0.25) is 9.89 Å². The number of hydrogen-bond acceptors (Lipinski definition) is 5. The quantitative estimate of drug-likeness (QED) is 0.581. The number of amides is 2. The Kier molecular flexibility index (Phi) is 4.54. The molecule has 5 rings (SSSR count). The molecule has 2 N–H and O–H groups in total. The largest absolute Gasteiger partial charge is 0.443 e. The predicted octanol–water partition coefficient (Wildman–Crippen LogP) is 4.68. The Hall–Kier alpha value is -3.68. The summed E-state index contributed by atoms with van der Waals surface area (Å²) < 4.78 is 19.2. The van der Waals surface area contributed by atoms with Crippen molar-refractivity contribution < 1.29 is 18.7 Å². The Morgan fingerprint density at radius 2 is 1.94 bits per heavy atom. The third-order valence-corrected chi connectivity index (χ3v) is 5.72. The van der Waals surface area contributed by atoms with Gasteiger partial charge in [0.15, 0.2) is 0 Å². The summed E-state index contributed by atoms with van der Waals surface area (Å²) in [6.45, 7) is 5.51. The monoisotopic (exact) mass is 434 g/mol. The van der Waals surface area contributed by atoms with Gasteiger partial charge < -0.3 is 10.1 Å². The van der Waals surface area contributed by atoms with E-state index >= 15 is 0 Å². The van der Waals surface area contributed by atoms with E-state index in [-0.39, 0.29) is 12.4 Å². The molecule has 0 radical (unpaired) electrons. The Morgan fingerprint density at radius 1 is 1.19 bits per heavy atom. The lowest BCUT2D eigenvalue weighted by molar-refractivity contribution is -0.127. The smallest absolute Gasteiger partial charge is 0.417 e. The number of halogens is 1. The molecule has 2 aromatic carbocycles. The molecule has 1 aromatic heterocycles. The Bertz CT molecular complexity index is 1270. The number of nitrogens with zero attached hydrogens (tertiary/aromatic N) is 2.